The number of para-hydroxylation sites is 1. The Balaban J connectivity index is 1.60. The van der Waals surface area contributed by atoms with Crippen molar-refractivity contribution in [2.75, 3.05) is 31.5 Å². The lowest BCUT2D eigenvalue weighted by atomic mass is 9.93. The number of fused-ring (bicyclic) bond motifs is 1. The Kier molecular flexibility index (Phi) is 3.76. The predicted molar refractivity (Wildman–Crippen MR) is 78.6 cm³/mol. The van der Waals surface area contributed by atoms with Crippen LogP contribution in [0.15, 0.2) is 24.3 Å². The van der Waals surface area contributed by atoms with Crippen LogP contribution in [0.1, 0.15) is 19.4 Å². The summed E-state index contributed by atoms with van der Waals surface area (Å²) in [6.45, 7) is 8.77. The van der Waals surface area contributed by atoms with Crippen LogP contribution in [-0.2, 0) is 11.2 Å². The van der Waals surface area contributed by atoms with Crippen molar-refractivity contribution < 1.29 is 4.74 Å². The van der Waals surface area contributed by atoms with E-state index in [9.17, 15) is 0 Å². The fraction of sp³-hybridized carbons (Fsp3) is 0.625. The first-order valence-corrected chi connectivity index (χ1v) is 7.40. The molecule has 19 heavy (non-hydrogen) atoms. The van der Waals surface area contributed by atoms with E-state index in [2.05, 4.69) is 48.3 Å². The van der Waals surface area contributed by atoms with E-state index < -0.39 is 0 Å². The van der Waals surface area contributed by atoms with Crippen LogP contribution in [0.5, 0.6) is 0 Å². The van der Waals surface area contributed by atoms with Crippen molar-refractivity contribution in [3.05, 3.63) is 29.8 Å². The highest BCUT2D eigenvalue weighted by atomic mass is 16.5. The summed E-state index contributed by atoms with van der Waals surface area (Å²) in [5.74, 6) is 0.715. The number of nitrogens with one attached hydrogen (secondary N) is 1. The SMILES string of the molecule is C[C@@H]1CN(CC2CNc3ccccc3C2)C[C@H](C)O1. The van der Waals surface area contributed by atoms with Gasteiger partial charge >= 0.3 is 0 Å². The molecule has 0 aliphatic carbocycles. The van der Waals surface area contributed by atoms with Gasteiger partial charge in [-0.05, 0) is 37.8 Å². The zero-order valence-electron chi connectivity index (χ0n) is 11.9. The van der Waals surface area contributed by atoms with Gasteiger partial charge in [0.25, 0.3) is 0 Å². The van der Waals surface area contributed by atoms with Crippen LogP contribution in [0.4, 0.5) is 5.69 Å². The van der Waals surface area contributed by atoms with Gasteiger partial charge in [-0.25, -0.2) is 0 Å². The largest absolute Gasteiger partial charge is 0.384 e. The molecule has 1 N–H and O–H groups in total. The molecule has 3 atom stereocenters. The number of benzene rings is 1. The van der Waals surface area contributed by atoms with Crippen molar-refractivity contribution >= 4 is 5.69 Å². The molecule has 3 heteroatoms. The van der Waals surface area contributed by atoms with E-state index in [0.29, 0.717) is 18.1 Å². The third-order valence-electron chi connectivity index (χ3n) is 4.12. The lowest BCUT2D eigenvalue weighted by Crippen LogP contribution is -2.48. The van der Waals surface area contributed by atoms with Crippen molar-refractivity contribution in [3.8, 4) is 0 Å². The lowest BCUT2D eigenvalue weighted by Gasteiger charge is -2.38. The summed E-state index contributed by atoms with van der Waals surface area (Å²) < 4.78 is 5.80. The Bertz CT molecular complexity index is 425. The highest BCUT2D eigenvalue weighted by Gasteiger charge is 2.26. The molecular weight excluding hydrogens is 236 g/mol. The van der Waals surface area contributed by atoms with Crippen LogP contribution in [0, 0.1) is 5.92 Å². The second-order valence-corrected chi connectivity index (χ2v) is 6.08. The molecule has 1 aromatic carbocycles. The summed E-state index contributed by atoms with van der Waals surface area (Å²) in [6, 6.07) is 8.68. The number of rotatable bonds is 2. The number of morpholine rings is 1. The molecule has 2 aliphatic rings. The van der Waals surface area contributed by atoms with Crippen LogP contribution in [0.2, 0.25) is 0 Å². The van der Waals surface area contributed by atoms with Gasteiger partial charge in [-0.1, -0.05) is 18.2 Å². The molecule has 3 nitrogen and oxygen atoms in total. The van der Waals surface area contributed by atoms with Crippen molar-refractivity contribution in [1.82, 2.24) is 4.90 Å². The van der Waals surface area contributed by atoms with E-state index in [4.69, 9.17) is 4.74 Å². The van der Waals surface area contributed by atoms with Crippen LogP contribution >= 0.6 is 0 Å². The molecule has 104 valence electrons. The van der Waals surface area contributed by atoms with Crippen LogP contribution in [0.25, 0.3) is 0 Å². The summed E-state index contributed by atoms with van der Waals surface area (Å²) in [5, 5.41) is 3.57. The Morgan fingerprint density at radius 3 is 2.74 bits per heavy atom. The van der Waals surface area contributed by atoms with Gasteiger partial charge in [-0.2, -0.15) is 0 Å². The van der Waals surface area contributed by atoms with Gasteiger partial charge in [0.2, 0.25) is 0 Å². The quantitative estimate of drug-likeness (QED) is 0.883. The fourth-order valence-corrected chi connectivity index (χ4v) is 3.44. The molecule has 0 spiro atoms. The second-order valence-electron chi connectivity index (χ2n) is 6.08. The second kappa shape index (κ2) is 5.51. The third kappa shape index (κ3) is 3.10. The van der Waals surface area contributed by atoms with Crippen LogP contribution in [-0.4, -0.2) is 43.3 Å². The standard InChI is InChI=1S/C16H24N2O/c1-12-9-18(10-13(2)19-12)11-14-7-15-5-3-4-6-16(15)17-8-14/h3-6,12-14,17H,7-11H2,1-2H3/t12-,13+,14?. The highest BCUT2D eigenvalue weighted by Crippen LogP contribution is 2.25. The summed E-state index contributed by atoms with van der Waals surface area (Å²) in [4.78, 5) is 2.57. The third-order valence-corrected chi connectivity index (χ3v) is 4.12. The van der Waals surface area contributed by atoms with Crippen LogP contribution in [0.3, 0.4) is 0 Å². The summed E-state index contributed by atoms with van der Waals surface area (Å²) in [5.41, 5.74) is 2.79. The molecule has 1 unspecified atom stereocenters. The Morgan fingerprint density at radius 1 is 1.21 bits per heavy atom. The normalized spacial score (nSPS) is 31.6. The Morgan fingerprint density at radius 2 is 1.95 bits per heavy atom. The maximum Gasteiger partial charge on any atom is 0.0678 e. The maximum atomic E-state index is 5.80. The number of hydrogen-bond donors (Lipinski definition) is 1. The molecule has 1 saturated heterocycles. The van der Waals surface area contributed by atoms with Crippen molar-refractivity contribution in [1.29, 1.82) is 0 Å². The monoisotopic (exact) mass is 260 g/mol. The van der Waals surface area contributed by atoms with Gasteiger partial charge < -0.3 is 10.1 Å². The Labute approximate surface area is 115 Å². The average molecular weight is 260 g/mol. The van der Waals surface area contributed by atoms with Gasteiger partial charge in [0.15, 0.2) is 0 Å². The molecule has 0 aromatic heterocycles. The minimum Gasteiger partial charge on any atom is -0.384 e. The first-order chi connectivity index (χ1) is 9.20. The molecule has 1 fully saturated rings. The number of anilines is 1. The minimum atomic E-state index is 0.368. The highest BCUT2D eigenvalue weighted by molar-refractivity contribution is 5.53. The molecule has 1 aromatic rings. The van der Waals surface area contributed by atoms with E-state index in [1.54, 1.807) is 0 Å². The molecule has 2 heterocycles. The van der Waals surface area contributed by atoms with Gasteiger partial charge in [0.1, 0.15) is 0 Å². The van der Waals surface area contributed by atoms with Crippen molar-refractivity contribution in [2.24, 2.45) is 5.92 Å². The van der Waals surface area contributed by atoms with E-state index in [0.717, 1.165) is 19.6 Å². The zero-order chi connectivity index (χ0) is 13.2. The van der Waals surface area contributed by atoms with E-state index in [1.807, 2.05) is 0 Å². The molecule has 3 rings (SSSR count). The summed E-state index contributed by atoms with van der Waals surface area (Å²) >= 11 is 0. The minimum absolute atomic E-state index is 0.368. The topological polar surface area (TPSA) is 24.5 Å². The van der Waals surface area contributed by atoms with Gasteiger partial charge in [-0.3, -0.25) is 4.90 Å². The molecule has 2 aliphatic heterocycles. The smallest absolute Gasteiger partial charge is 0.0678 e. The summed E-state index contributed by atoms with van der Waals surface area (Å²) in [7, 11) is 0. The molecule has 0 amide bonds. The molecule has 0 bridgehead atoms. The maximum absolute atomic E-state index is 5.80. The predicted octanol–water partition coefficient (Wildman–Crippen LogP) is 2.38. The molecule has 0 radical (unpaired) electrons. The van der Waals surface area contributed by atoms with E-state index in [1.165, 1.54) is 24.2 Å². The van der Waals surface area contributed by atoms with Gasteiger partial charge in [-0.15, -0.1) is 0 Å². The van der Waals surface area contributed by atoms with Gasteiger partial charge in [0, 0.05) is 31.9 Å². The molecular formula is C16H24N2O. The van der Waals surface area contributed by atoms with Crippen molar-refractivity contribution in [2.45, 2.75) is 32.5 Å². The summed E-state index contributed by atoms with van der Waals surface area (Å²) in [6.07, 6.45) is 1.93. The van der Waals surface area contributed by atoms with Gasteiger partial charge in [0.05, 0.1) is 12.2 Å². The van der Waals surface area contributed by atoms with Crippen LogP contribution < -0.4 is 5.32 Å². The zero-order valence-corrected chi connectivity index (χ0v) is 11.9. The van der Waals surface area contributed by atoms with E-state index >= 15 is 0 Å². The first-order valence-electron chi connectivity index (χ1n) is 7.40. The average Bonchev–Trinajstić information content (AvgIpc) is 2.37. The fourth-order valence-electron chi connectivity index (χ4n) is 3.44. The van der Waals surface area contributed by atoms with E-state index in [-0.39, 0.29) is 0 Å². The number of nitrogens with zero attached hydrogens (tertiary/aromatic N) is 1. The van der Waals surface area contributed by atoms with Crippen molar-refractivity contribution in [3.63, 3.8) is 0 Å². The molecule has 0 saturated carbocycles. The lowest BCUT2D eigenvalue weighted by molar-refractivity contribution is -0.0711. The first kappa shape index (κ1) is 12.9. The number of ether oxygens (including phenoxy) is 1. The number of hydrogen-bond acceptors (Lipinski definition) is 3. The Hall–Kier alpha value is -1.06.